The number of alkyl carbamates (subject to hydrolysis) is 1. The van der Waals surface area contributed by atoms with Crippen molar-refractivity contribution >= 4 is 74.7 Å². The van der Waals surface area contributed by atoms with Gasteiger partial charge in [0.2, 0.25) is 29.7 Å². The van der Waals surface area contributed by atoms with Gasteiger partial charge in [-0.05, 0) is 147 Å². The van der Waals surface area contributed by atoms with Gasteiger partial charge in [-0.3, -0.25) is 19.3 Å². The molecule has 6 aromatic carbocycles. The highest BCUT2D eigenvalue weighted by atomic mass is 35.5. The number of likely N-dealkylation sites (N-methyl/N-ethyl adjacent to an activating group) is 1. The van der Waals surface area contributed by atoms with Crippen LogP contribution < -0.4 is 56.4 Å². The largest absolute Gasteiger partial charge is 0.497 e. The van der Waals surface area contributed by atoms with E-state index in [-0.39, 0.29) is 70.4 Å². The lowest BCUT2D eigenvalue weighted by atomic mass is 9.96. The van der Waals surface area contributed by atoms with Crippen molar-refractivity contribution in [1.29, 1.82) is 0 Å². The highest BCUT2D eigenvalue weighted by Gasteiger charge is 2.35. The molecule has 1 aliphatic rings. The summed E-state index contributed by atoms with van der Waals surface area (Å²) in [7, 11) is 7.08. The Morgan fingerprint density at radius 2 is 1.49 bits per heavy atom. The quantitative estimate of drug-likeness (QED) is 0.0118. The van der Waals surface area contributed by atoms with Crippen LogP contribution in [0.2, 0.25) is 5.02 Å². The molecule has 628 valence electrons. The Labute approximate surface area is 696 Å². The summed E-state index contributed by atoms with van der Waals surface area (Å²) in [6.45, 7) is 16.9. The number of carbonyl (C=O) groups excluding carboxylic acids is 6. The second kappa shape index (κ2) is 42.8. The number of carbonyl (C=O) groups is 6. The van der Waals surface area contributed by atoms with Crippen molar-refractivity contribution in [3.63, 3.8) is 0 Å². The summed E-state index contributed by atoms with van der Waals surface area (Å²) in [6.07, 6.45) is 1.39. The van der Waals surface area contributed by atoms with Gasteiger partial charge in [0.25, 0.3) is 0 Å². The summed E-state index contributed by atoms with van der Waals surface area (Å²) in [5.74, 6) is -0.0839. The van der Waals surface area contributed by atoms with E-state index in [0.717, 1.165) is 42.9 Å². The minimum absolute atomic E-state index is 0.0264. The standard InChI is InChI=1S/C87H105ClFN13O15S/c1-55(2)77(99-86(108)117-87(4,5)6)81(105)98-68(18-15-36-93-85(91)107)80(104)97-63-28-25-60(61(48-63)50-100(7)73(103)34-43-111-46-47-112-44-35-90)51-102(8)41-38-101(39-42-102)40-45-113-71-32-31-66(56(3)76(71)88)74-75-82(94-54-95-83(75)118-78(74)58-23-26-62(89)27-24-58)116-72(84(106)115-52-57-21-29-65(109-9)30-22-57)49-59-16-11-13-19-69(59)114-53-64-33-37-92-79(96-64)67-17-12-14-20-70(67)110-10/h11-14,16-17,19-33,37,48,54-55,68,72,77H,15,18,34-36,38-47,49-53,90H2,1-10H3,(H5-,91,93,97,98,99,104,105,107,108)/p+1/t68-,72+,77-/m0/s1. The number of ether oxygens (including phenoxy) is 9. The predicted molar refractivity (Wildman–Crippen MR) is 449 cm³/mol. The Morgan fingerprint density at radius 3 is 2.20 bits per heavy atom. The van der Waals surface area contributed by atoms with Crippen LogP contribution >= 0.6 is 22.9 Å². The highest BCUT2D eigenvalue weighted by Crippen LogP contribution is 2.50. The molecule has 3 aromatic heterocycles. The number of amides is 6. The number of hydrogen-bond donors (Lipinski definition) is 6. The number of urea groups is 1. The normalized spacial score (nSPS) is 13.5. The first-order valence-electron chi connectivity index (χ1n) is 39.2. The van der Waals surface area contributed by atoms with Gasteiger partial charge in [0, 0.05) is 80.6 Å². The maximum atomic E-state index is 14.8. The van der Waals surface area contributed by atoms with Gasteiger partial charge in [0.1, 0.15) is 84.0 Å². The van der Waals surface area contributed by atoms with Crippen LogP contribution in [0.4, 0.5) is 19.7 Å². The predicted octanol–water partition coefficient (Wildman–Crippen LogP) is 12.0. The third-order valence-electron chi connectivity index (χ3n) is 19.8. The number of nitrogens with one attached hydrogen (secondary N) is 4. The van der Waals surface area contributed by atoms with Crippen LogP contribution in [-0.2, 0) is 70.8 Å². The van der Waals surface area contributed by atoms with Gasteiger partial charge >= 0.3 is 18.1 Å². The van der Waals surface area contributed by atoms with Crippen LogP contribution in [0.3, 0.4) is 0 Å². The number of halogens is 2. The lowest BCUT2D eigenvalue weighted by Gasteiger charge is -2.42. The average molecular weight is 1660 g/mol. The molecular weight excluding hydrogens is 1550 g/mol. The lowest BCUT2D eigenvalue weighted by Crippen LogP contribution is -2.57. The molecule has 6 amide bonds. The van der Waals surface area contributed by atoms with E-state index in [1.807, 2.05) is 91.9 Å². The molecule has 0 aliphatic carbocycles. The van der Waals surface area contributed by atoms with Crippen LogP contribution in [0, 0.1) is 18.7 Å². The average Bonchev–Trinajstić information content (AvgIpc) is 1.59. The van der Waals surface area contributed by atoms with Gasteiger partial charge < -0.3 is 84.7 Å². The van der Waals surface area contributed by atoms with Gasteiger partial charge in [-0.25, -0.2) is 38.7 Å². The first kappa shape index (κ1) is 89.2. The molecule has 9 aromatic rings. The zero-order chi connectivity index (χ0) is 84.5. The summed E-state index contributed by atoms with van der Waals surface area (Å²) in [4.78, 5) is 105. The topological polar surface area (TPSA) is 344 Å². The van der Waals surface area contributed by atoms with Crippen molar-refractivity contribution in [2.75, 3.05) is 112 Å². The number of aromatic nitrogens is 4. The number of hydrogen-bond acceptors (Lipinski definition) is 22. The van der Waals surface area contributed by atoms with Gasteiger partial charge in [0.15, 0.2) is 5.82 Å². The molecule has 1 aliphatic heterocycles. The number of quaternary nitrogens is 1. The molecule has 4 heterocycles. The van der Waals surface area contributed by atoms with Crippen LogP contribution in [0.1, 0.15) is 87.4 Å². The van der Waals surface area contributed by atoms with Crippen molar-refractivity contribution in [3.05, 3.63) is 190 Å². The number of piperazine rings is 1. The first-order valence-corrected chi connectivity index (χ1v) is 40.4. The molecule has 1 saturated heterocycles. The minimum Gasteiger partial charge on any atom is -0.497 e. The summed E-state index contributed by atoms with van der Waals surface area (Å²) < 4.78 is 69.0. The third kappa shape index (κ3) is 25.4. The molecule has 8 N–H and O–H groups in total. The SMILES string of the molecule is COc1ccc(COC(=O)[C@@H](Cc2ccccc2OCc2ccnc(-c3ccccc3OC)n2)Oc2ncnc3sc(-c4ccc(F)cc4)c(-c4ccc(OCCN5CC[N+](C)(Cc6ccc(NC(=O)[C@H](CCCNC(N)=O)NC(=O)[C@@H](NC(=O)OC(C)(C)C)C(C)C)cc6CN(C)C(=O)CCOCCOCCN)CC5)c(Cl)c4C)c23)cc1. The van der Waals surface area contributed by atoms with Crippen molar-refractivity contribution < 1.29 is 80.3 Å². The van der Waals surface area contributed by atoms with E-state index in [4.69, 9.17) is 80.7 Å². The summed E-state index contributed by atoms with van der Waals surface area (Å²) in [5.41, 5.74) is 17.5. The Morgan fingerprint density at radius 1 is 0.763 bits per heavy atom. The van der Waals surface area contributed by atoms with E-state index >= 15 is 0 Å². The molecule has 10 rings (SSSR count). The van der Waals surface area contributed by atoms with Crippen molar-refractivity contribution in [3.8, 4) is 61.8 Å². The Kier molecular flexibility index (Phi) is 32.4. The van der Waals surface area contributed by atoms with Crippen LogP contribution in [0.15, 0.2) is 146 Å². The van der Waals surface area contributed by atoms with Gasteiger partial charge in [-0.1, -0.05) is 92.2 Å². The minimum atomic E-state index is -1.31. The van der Waals surface area contributed by atoms with E-state index < -0.39 is 65.4 Å². The summed E-state index contributed by atoms with van der Waals surface area (Å²) in [5, 5.41) is 11.8. The number of nitrogens with two attached hydrogens (primary N) is 2. The second-order valence-corrected chi connectivity index (χ2v) is 31.6. The number of nitrogens with zero attached hydrogens (tertiary/aromatic N) is 7. The Balaban J connectivity index is 0.855. The number of rotatable bonds is 41. The first-order chi connectivity index (χ1) is 56.7. The molecule has 3 atom stereocenters. The Hall–Kier alpha value is -11.1. The van der Waals surface area contributed by atoms with Gasteiger partial charge in [0.05, 0.1) is 88.9 Å². The maximum absolute atomic E-state index is 14.8. The fourth-order valence-corrected chi connectivity index (χ4v) is 14.8. The van der Waals surface area contributed by atoms with Gasteiger partial charge in [-0.2, -0.15) is 0 Å². The number of esters is 1. The van der Waals surface area contributed by atoms with Gasteiger partial charge in [-0.15, -0.1) is 11.3 Å². The van der Waals surface area contributed by atoms with Crippen molar-refractivity contribution in [2.24, 2.45) is 17.4 Å². The smallest absolute Gasteiger partial charge is 0.408 e. The molecular formula is C87H106ClFN13O15S+. The summed E-state index contributed by atoms with van der Waals surface area (Å²) >= 11 is 8.77. The molecule has 118 heavy (non-hydrogen) atoms. The molecule has 31 heteroatoms. The number of methoxy groups -OCH3 is 2. The molecule has 1 fully saturated rings. The maximum Gasteiger partial charge on any atom is 0.408 e. The number of fused-ring (bicyclic) bond motifs is 1. The number of anilines is 1. The van der Waals surface area contributed by atoms with E-state index in [2.05, 4.69) is 38.2 Å². The van der Waals surface area contributed by atoms with E-state index in [9.17, 15) is 33.2 Å². The monoisotopic (exact) mass is 1660 g/mol. The van der Waals surface area contributed by atoms with E-state index in [1.54, 1.807) is 103 Å². The molecule has 0 radical (unpaired) electrons. The number of thiophene rings is 1. The van der Waals surface area contributed by atoms with E-state index in [1.165, 1.54) is 29.8 Å². The van der Waals surface area contributed by atoms with Crippen molar-refractivity contribution in [2.45, 2.75) is 117 Å². The van der Waals surface area contributed by atoms with Crippen LogP contribution in [0.25, 0.3) is 43.2 Å². The van der Waals surface area contributed by atoms with Crippen LogP contribution in [-0.4, -0.2) is 201 Å². The van der Waals surface area contributed by atoms with E-state index in [0.29, 0.717) is 144 Å². The third-order valence-corrected chi connectivity index (χ3v) is 21.4. The second-order valence-electron chi connectivity index (χ2n) is 30.2. The number of primary amides is 1. The fraction of sp³-hybridized carbons (Fsp3) is 0.402. The highest BCUT2D eigenvalue weighted by molar-refractivity contribution is 7.22. The number of benzene rings is 6. The fourth-order valence-electron chi connectivity index (χ4n) is 13.4. The summed E-state index contributed by atoms with van der Waals surface area (Å²) in [6, 6.07) is 36.4. The molecule has 28 nitrogen and oxygen atoms in total. The lowest BCUT2D eigenvalue weighted by molar-refractivity contribution is -0.926. The van der Waals surface area contributed by atoms with Crippen molar-refractivity contribution in [1.82, 2.24) is 45.7 Å². The molecule has 0 unspecified atom stereocenters. The molecule has 0 bridgehead atoms. The zero-order valence-electron chi connectivity index (χ0n) is 68.4. The zero-order valence-corrected chi connectivity index (χ0v) is 70.0. The molecule has 0 saturated carbocycles. The Bertz CT molecular complexity index is 4890. The number of para-hydroxylation sites is 2. The molecule has 0 spiro atoms. The van der Waals surface area contributed by atoms with Crippen LogP contribution in [0.5, 0.6) is 28.9 Å².